The van der Waals surface area contributed by atoms with E-state index in [0.29, 0.717) is 40.2 Å². The summed E-state index contributed by atoms with van der Waals surface area (Å²) in [6, 6.07) is -0.210. The molecule has 2 amide bonds. The van der Waals surface area contributed by atoms with E-state index in [9.17, 15) is 9.59 Å². The second-order valence-corrected chi connectivity index (χ2v) is 8.25. The number of nitrogens with one attached hydrogen (secondary N) is 3. The molecule has 0 saturated carbocycles. The molecule has 12 heteroatoms. The summed E-state index contributed by atoms with van der Waals surface area (Å²) in [5, 5.41) is 4.21. The van der Waals surface area contributed by atoms with Crippen molar-refractivity contribution in [3.05, 3.63) is 32.5 Å². The lowest BCUT2D eigenvalue weighted by Gasteiger charge is -2.37. The summed E-state index contributed by atoms with van der Waals surface area (Å²) in [4.78, 5) is 38.8. The lowest BCUT2D eigenvalue weighted by molar-refractivity contribution is 0.0539. The number of aryl methyl sites for hydroxylation is 1. The van der Waals surface area contributed by atoms with Crippen molar-refractivity contribution < 1.29 is 19.2 Å². The Bertz CT molecular complexity index is 903. The third-order valence-electron chi connectivity index (χ3n) is 4.64. The van der Waals surface area contributed by atoms with E-state index >= 15 is 0 Å². The molecule has 2 atom stereocenters. The van der Waals surface area contributed by atoms with Gasteiger partial charge < -0.3 is 19.9 Å². The largest absolute Gasteiger partial charge is 0.377 e. The van der Waals surface area contributed by atoms with Gasteiger partial charge in [-0.1, -0.05) is 34.5 Å². The van der Waals surface area contributed by atoms with E-state index in [1.54, 1.807) is 14.0 Å². The molecular formula is C17H21Cl2N5O4S. The van der Waals surface area contributed by atoms with Gasteiger partial charge in [-0.15, -0.1) is 0 Å². The average Bonchev–Trinajstić information content (AvgIpc) is 3.30. The Kier molecular flexibility index (Phi) is 7.01. The number of thiazole rings is 1. The van der Waals surface area contributed by atoms with E-state index < -0.39 is 0 Å². The van der Waals surface area contributed by atoms with Crippen LogP contribution in [-0.2, 0) is 9.57 Å². The van der Waals surface area contributed by atoms with Crippen LogP contribution >= 0.6 is 34.5 Å². The number of carbonyl (C=O) groups excluding carboxylic acids is 2. The SMILES string of the molecule is CONC(=O)c1cnc(N2CCC(NC(=O)c3[nH]c(C)c(Cl)c3Cl)C(OC)C2)s1. The molecule has 9 nitrogen and oxygen atoms in total. The van der Waals surface area contributed by atoms with E-state index in [0.717, 1.165) is 0 Å². The lowest BCUT2D eigenvalue weighted by Crippen LogP contribution is -2.55. The van der Waals surface area contributed by atoms with Gasteiger partial charge in [-0.05, 0) is 13.3 Å². The molecule has 3 N–H and O–H groups in total. The monoisotopic (exact) mass is 461 g/mol. The Labute approximate surface area is 181 Å². The highest BCUT2D eigenvalue weighted by Crippen LogP contribution is 2.30. The molecule has 1 fully saturated rings. The summed E-state index contributed by atoms with van der Waals surface area (Å²) in [6.45, 7) is 2.90. The van der Waals surface area contributed by atoms with Crippen LogP contribution in [0.25, 0.3) is 0 Å². The predicted octanol–water partition coefficient (Wildman–Crippen LogP) is 2.40. The van der Waals surface area contributed by atoms with E-state index in [1.807, 2.05) is 4.90 Å². The standard InChI is InChI=1S/C17H21Cl2N5O4S/c1-8-12(18)13(19)14(21-8)16(26)22-9-4-5-24(7-10(9)27-2)17-20-6-11(29-17)15(25)23-28-3/h6,9-10,21H,4-5,7H2,1-3H3,(H,22,26)(H,23,25). The van der Waals surface area contributed by atoms with Crippen LogP contribution in [0.1, 0.15) is 32.3 Å². The normalized spacial score (nSPS) is 19.3. The molecule has 3 heterocycles. The zero-order valence-corrected chi connectivity index (χ0v) is 18.4. The molecule has 158 valence electrons. The Morgan fingerprint density at radius 3 is 2.69 bits per heavy atom. The first-order valence-corrected chi connectivity index (χ1v) is 10.3. The molecule has 0 aliphatic carbocycles. The van der Waals surface area contributed by atoms with Crippen molar-refractivity contribution in [2.75, 3.05) is 32.2 Å². The molecule has 2 aromatic heterocycles. The molecule has 0 radical (unpaired) electrons. The summed E-state index contributed by atoms with van der Waals surface area (Å²) in [7, 11) is 2.97. The minimum atomic E-state index is -0.349. The number of anilines is 1. The second-order valence-electron chi connectivity index (χ2n) is 6.48. The number of halogens is 2. The van der Waals surface area contributed by atoms with Crippen molar-refractivity contribution in [1.82, 2.24) is 20.8 Å². The Morgan fingerprint density at radius 1 is 1.31 bits per heavy atom. The maximum Gasteiger partial charge on any atom is 0.286 e. The quantitative estimate of drug-likeness (QED) is 0.569. The van der Waals surface area contributed by atoms with Crippen molar-refractivity contribution in [1.29, 1.82) is 0 Å². The molecule has 1 aliphatic rings. The zero-order chi connectivity index (χ0) is 21.1. The van der Waals surface area contributed by atoms with E-state index in [2.05, 4.69) is 25.6 Å². The molecule has 1 saturated heterocycles. The number of hydrogen-bond acceptors (Lipinski definition) is 7. The number of rotatable bonds is 6. The van der Waals surface area contributed by atoms with Gasteiger partial charge in [0.1, 0.15) is 10.6 Å². The first-order valence-electron chi connectivity index (χ1n) is 8.77. The van der Waals surface area contributed by atoms with Crippen molar-refractivity contribution in [2.24, 2.45) is 0 Å². The fourth-order valence-corrected chi connectivity index (χ4v) is 4.38. The highest BCUT2D eigenvalue weighted by molar-refractivity contribution is 7.17. The Hall–Kier alpha value is -1.85. The summed E-state index contributed by atoms with van der Waals surface area (Å²) in [5.41, 5.74) is 3.14. The number of hydroxylamine groups is 1. The van der Waals surface area contributed by atoms with Crippen LogP contribution < -0.4 is 15.7 Å². The topological polar surface area (TPSA) is 109 Å². The third kappa shape index (κ3) is 4.67. The molecule has 2 unspecified atom stereocenters. The van der Waals surface area contributed by atoms with Gasteiger partial charge in [0.15, 0.2) is 5.13 Å². The van der Waals surface area contributed by atoms with Gasteiger partial charge in [0.2, 0.25) is 0 Å². The van der Waals surface area contributed by atoms with Crippen molar-refractivity contribution in [3.63, 3.8) is 0 Å². The van der Waals surface area contributed by atoms with Gasteiger partial charge in [-0.25, -0.2) is 10.5 Å². The number of methoxy groups -OCH3 is 1. The smallest absolute Gasteiger partial charge is 0.286 e. The van der Waals surface area contributed by atoms with E-state index in [4.69, 9.17) is 27.9 Å². The highest BCUT2D eigenvalue weighted by Gasteiger charge is 2.33. The number of hydrogen-bond donors (Lipinski definition) is 3. The van der Waals surface area contributed by atoms with Gasteiger partial charge in [0.05, 0.1) is 35.5 Å². The molecule has 29 heavy (non-hydrogen) atoms. The lowest BCUT2D eigenvalue weighted by atomic mass is 10.0. The van der Waals surface area contributed by atoms with Crippen LogP contribution in [0.2, 0.25) is 10.0 Å². The van der Waals surface area contributed by atoms with Crippen molar-refractivity contribution >= 4 is 51.5 Å². The zero-order valence-electron chi connectivity index (χ0n) is 16.0. The number of ether oxygens (including phenoxy) is 1. The summed E-state index contributed by atoms with van der Waals surface area (Å²) in [6.07, 6.45) is 1.87. The highest BCUT2D eigenvalue weighted by atomic mass is 35.5. The number of piperidine rings is 1. The number of aromatic amines is 1. The molecule has 0 aromatic carbocycles. The molecule has 3 rings (SSSR count). The van der Waals surface area contributed by atoms with E-state index in [-0.39, 0.29) is 34.7 Å². The fourth-order valence-electron chi connectivity index (χ4n) is 3.12. The van der Waals surface area contributed by atoms with Gasteiger partial charge in [-0.2, -0.15) is 0 Å². The summed E-state index contributed by atoms with van der Waals surface area (Å²) >= 11 is 13.5. The number of aromatic nitrogens is 2. The van der Waals surface area contributed by atoms with Gasteiger partial charge in [-0.3, -0.25) is 14.4 Å². The molecular weight excluding hydrogens is 441 g/mol. The second kappa shape index (κ2) is 9.31. The Balaban J connectivity index is 1.66. The third-order valence-corrected chi connectivity index (χ3v) is 6.65. The Morgan fingerprint density at radius 2 is 2.07 bits per heavy atom. The number of amides is 2. The summed E-state index contributed by atoms with van der Waals surface area (Å²) in [5.74, 6) is -0.684. The molecule has 0 spiro atoms. The van der Waals surface area contributed by atoms with Gasteiger partial charge in [0.25, 0.3) is 11.8 Å². The van der Waals surface area contributed by atoms with Crippen LogP contribution in [0.15, 0.2) is 6.20 Å². The molecule has 1 aliphatic heterocycles. The van der Waals surface area contributed by atoms with E-state index in [1.165, 1.54) is 24.6 Å². The van der Waals surface area contributed by atoms with Crippen LogP contribution in [0.3, 0.4) is 0 Å². The minimum Gasteiger partial charge on any atom is -0.377 e. The molecule has 0 bridgehead atoms. The van der Waals surface area contributed by atoms with Crippen LogP contribution in [0, 0.1) is 6.92 Å². The van der Waals surface area contributed by atoms with Gasteiger partial charge >= 0.3 is 0 Å². The minimum absolute atomic E-state index is 0.206. The first-order chi connectivity index (χ1) is 13.8. The number of carbonyl (C=O) groups is 2. The fraction of sp³-hybridized carbons (Fsp3) is 0.471. The van der Waals surface area contributed by atoms with Crippen LogP contribution in [0.5, 0.6) is 0 Å². The van der Waals surface area contributed by atoms with Crippen molar-refractivity contribution in [3.8, 4) is 0 Å². The number of H-pyrrole nitrogens is 1. The predicted molar refractivity (Wildman–Crippen MR) is 111 cm³/mol. The van der Waals surface area contributed by atoms with Crippen molar-refractivity contribution in [2.45, 2.75) is 25.5 Å². The van der Waals surface area contributed by atoms with Gasteiger partial charge in [0, 0.05) is 25.9 Å². The number of nitrogens with zero attached hydrogens (tertiary/aromatic N) is 2. The average molecular weight is 462 g/mol. The maximum atomic E-state index is 12.6. The maximum absolute atomic E-state index is 12.6. The summed E-state index contributed by atoms with van der Waals surface area (Å²) < 4.78 is 5.60. The van der Waals surface area contributed by atoms with Crippen LogP contribution in [-0.4, -0.2) is 61.2 Å². The first kappa shape index (κ1) is 21.8. The molecule has 2 aromatic rings. The van der Waals surface area contributed by atoms with Crippen LogP contribution in [0.4, 0.5) is 5.13 Å².